The number of aromatic nitrogens is 3. The molecule has 3 aromatic rings. The molecule has 2 atom stereocenters. The van der Waals surface area contributed by atoms with Gasteiger partial charge >= 0.3 is 6.18 Å². The molecule has 2 aliphatic heterocycles. The Balaban J connectivity index is 1.21. The van der Waals surface area contributed by atoms with E-state index >= 15 is 0 Å². The number of carbonyl (C=O) groups is 2. The number of nitrogens with one attached hydrogen (secondary N) is 1. The molecule has 1 N–H and O–H groups in total. The fourth-order valence-corrected chi connectivity index (χ4v) is 5.08. The van der Waals surface area contributed by atoms with Gasteiger partial charge in [-0.1, -0.05) is 6.07 Å². The van der Waals surface area contributed by atoms with Crippen LogP contribution in [0.3, 0.4) is 0 Å². The summed E-state index contributed by atoms with van der Waals surface area (Å²) < 4.78 is 53.0. The molecule has 0 radical (unpaired) electrons. The van der Waals surface area contributed by atoms with E-state index in [0.29, 0.717) is 61.7 Å². The van der Waals surface area contributed by atoms with Crippen LogP contribution in [0.15, 0.2) is 42.5 Å². The zero-order valence-electron chi connectivity index (χ0n) is 19.1. The Morgan fingerprint density at radius 2 is 1.64 bits per heavy atom. The minimum Gasteiger partial charge on any atom is -0.339 e. The number of amides is 2. The van der Waals surface area contributed by atoms with Crippen molar-refractivity contribution in [3.05, 3.63) is 65.0 Å². The van der Waals surface area contributed by atoms with Crippen molar-refractivity contribution in [1.29, 1.82) is 0 Å². The largest absolute Gasteiger partial charge is 0.417 e. The quantitative estimate of drug-likeness (QED) is 0.432. The maximum Gasteiger partial charge on any atom is 0.417 e. The lowest BCUT2D eigenvalue weighted by molar-refractivity contribution is -0.138. The highest BCUT2D eigenvalue weighted by atomic mass is 19.4. The first-order valence-electron chi connectivity index (χ1n) is 11.6. The predicted octanol–water partition coefficient (Wildman–Crippen LogP) is 4.14. The van der Waals surface area contributed by atoms with E-state index in [-0.39, 0.29) is 29.2 Å². The van der Waals surface area contributed by atoms with Gasteiger partial charge in [-0.25, -0.2) is 4.39 Å². The monoisotopic (exact) mass is 501 g/mol. The molecule has 36 heavy (non-hydrogen) atoms. The van der Waals surface area contributed by atoms with Gasteiger partial charge in [0.25, 0.3) is 5.91 Å². The summed E-state index contributed by atoms with van der Waals surface area (Å²) in [6.07, 6.45) is -1.14. The second-order valence-corrected chi connectivity index (χ2v) is 9.22. The first-order chi connectivity index (χ1) is 17.2. The normalized spacial score (nSPS) is 20.7. The molecule has 3 heterocycles. The van der Waals surface area contributed by atoms with Crippen molar-refractivity contribution in [1.82, 2.24) is 25.2 Å². The van der Waals surface area contributed by atoms with Gasteiger partial charge in [-0.2, -0.15) is 28.6 Å². The van der Waals surface area contributed by atoms with Crippen LogP contribution in [-0.4, -0.2) is 63.2 Å². The van der Waals surface area contributed by atoms with Crippen LogP contribution in [0, 0.1) is 17.7 Å². The molecule has 2 amide bonds. The van der Waals surface area contributed by atoms with Crippen LogP contribution in [0.1, 0.15) is 34.3 Å². The van der Waals surface area contributed by atoms with Gasteiger partial charge in [-0.05, 0) is 66.6 Å². The third-order valence-electron chi connectivity index (χ3n) is 7.00. The molecule has 2 aliphatic rings. The highest BCUT2D eigenvalue weighted by Gasteiger charge is 2.38. The molecular weight excluding hydrogens is 478 g/mol. The van der Waals surface area contributed by atoms with Gasteiger partial charge in [0.1, 0.15) is 16.9 Å². The lowest BCUT2D eigenvalue weighted by atomic mass is 9.92. The van der Waals surface area contributed by atoms with Gasteiger partial charge in [0.15, 0.2) is 0 Å². The summed E-state index contributed by atoms with van der Waals surface area (Å²) in [5.74, 6) is -0.971. The lowest BCUT2D eigenvalue weighted by Gasteiger charge is -2.21. The van der Waals surface area contributed by atoms with E-state index in [4.69, 9.17) is 0 Å². The standard InChI is InChI=1S/C25H23F4N5O2/c26-19-4-1-15(20(12-19)25(27,28)29)3-6-23(35)33-9-7-17-13-34(14-18(17)8-10-33)24(36)16-2-5-21-22(11-16)31-32-30-21/h1-6,11-12,17-18H,7-10,13-14H2,(H,30,31,32)/b6-3+. The van der Waals surface area contributed by atoms with Crippen LogP contribution < -0.4 is 0 Å². The molecule has 0 spiro atoms. The van der Waals surface area contributed by atoms with E-state index in [0.717, 1.165) is 24.3 Å². The molecule has 2 saturated heterocycles. The first kappa shape index (κ1) is 24.0. The van der Waals surface area contributed by atoms with Gasteiger partial charge in [0.05, 0.1) is 5.56 Å². The number of hydrogen-bond acceptors (Lipinski definition) is 4. The van der Waals surface area contributed by atoms with E-state index < -0.39 is 17.6 Å². The molecule has 1 aromatic heterocycles. The number of H-pyrrole nitrogens is 1. The van der Waals surface area contributed by atoms with Crippen molar-refractivity contribution < 1.29 is 27.2 Å². The molecule has 2 aromatic carbocycles. The fourth-order valence-electron chi connectivity index (χ4n) is 5.08. The van der Waals surface area contributed by atoms with Crippen molar-refractivity contribution in [2.45, 2.75) is 19.0 Å². The number of rotatable bonds is 3. The number of aromatic amines is 1. The van der Waals surface area contributed by atoms with E-state index in [1.165, 1.54) is 0 Å². The Kier molecular flexibility index (Phi) is 6.23. The summed E-state index contributed by atoms with van der Waals surface area (Å²) in [5.41, 5.74) is 0.477. The van der Waals surface area contributed by atoms with Crippen molar-refractivity contribution in [2.24, 2.45) is 11.8 Å². The number of benzene rings is 2. The molecule has 2 fully saturated rings. The van der Waals surface area contributed by atoms with Gasteiger partial charge in [0.2, 0.25) is 5.91 Å². The molecule has 0 aliphatic carbocycles. The SMILES string of the molecule is O=C(/C=C/c1ccc(F)cc1C(F)(F)F)N1CCC2CN(C(=O)c3ccc4n[nH]nc4c3)CC2CC1. The number of likely N-dealkylation sites (tertiary alicyclic amines) is 2. The Morgan fingerprint density at radius 1 is 0.944 bits per heavy atom. The highest BCUT2D eigenvalue weighted by Crippen LogP contribution is 2.34. The van der Waals surface area contributed by atoms with E-state index in [1.54, 1.807) is 23.1 Å². The van der Waals surface area contributed by atoms with E-state index in [2.05, 4.69) is 15.4 Å². The van der Waals surface area contributed by atoms with Gasteiger partial charge < -0.3 is 9.80 Å². The summed E-state index contributed by atoms with van der Waals surface area (Å²) in [6, 6.07) is 7.58. The average Bonchev–Trinajstić information content (AvgIpc) is 3.44. The molecule has 0 bridgehead atoms. The lowest BCUT2D eigenvalue weighted by Crippen LogP contribution is -2.33. The van der Waals surface area contributed by atoms with Crippen molar-refractivity contribution >= 4 is 28.9 Å². The van der Waals surface area contributed by atoms with Gasteiger partial charge in [-0.15, -0.1) is 0 Å². The molecule has 0 saturated carbocycles. The molecule has 188 valence electrons. The maximum absolute atomic E-state index is 13.3. The van der Waals surface area contributed by atoms with Crippen LogP contribution in [0.4, 0.5) is 17.6 Å². The molecular formula is C25H23F4N5O2. The Labute approximate surface area is 203 Å². The van der Waals surface area contributed by atoms with Crippen LogP contribution in [0.2, 0.25) is 0 Å². The van der Waals surface area contributed by atoms with Crippen LogP contribution in [-0.2, 0) is 11.0 Å². The van der Waals surface area contributed by atoms with Gasteiger partial charge in [-0.3, -0.25) is 9.59 Å². The Hall–Kier alpha value is -3.76. The summed E-state index contributed by atoms with van der Waals surface area (Å²) in [6.45, 7) is 2.07. The molecule has 7 nitrogen and oxygen atoms in total. The minimum atomic E-state index is -4.73. The third kappa shape index (κ3) is 4.82. The highest BCUT2D eigenvalue weighted by molar-refractivity contribution is 5.97. The van der Waals surface area contributed by atoms with E-state index in [1.807, 2.05) is 4.90 Å². The summed E-state index contributed by atoms with van der Waals surface area (Å²) in [7, 11) is 0. The topological polar surface area (TPSA) is 82.2 Å². The van der Waals surface area contributed by atoms with Crippen LogP contribution in [0.5, 0.6) is 0 Å². The number of fused-ring (bicyclic) bond motifs is 2. The van der Waals surface area contributed by atoms with E-state index in [9.17, 15) is 27.2 Å². The predicted molar refractivity (Wildman–Crippen MR) is 123 cm³/mol. The minimum absolute atomic E-state index is 0.0661. The van der Waals surface area contributed by atoms with Crippen LogP contribution >= 0.6 is 0 Å². The summed E-state index contributed by atoms with van der Waals surface area (Å²) >= 11 is 0. The molecule has 2 unspecified atom stereocenters. The van der Waals surface area contributed by atoms with Crippen molar-refractivity contribution in [2.75, 3.05) is 26.2 Å². The summed E-state index contributed by atoms with van der Waals surface area (Å²) in [5, 5.41) is 10.6. The smallest absolute Gasteiger partial charge is 0.339 e. The third-order valence-corrected chi connectivity index (χ3v) is 7.00. The summed E-state index contributed by atoms with van der Waals surface area (Å²) in [4.78, 5) is 29.2. The number of alkyl halides is 3. The molecule has 11 heteroatoms. The average molecular weight is 501 g/mol. The number of nitrogens with zero attached hydrogens (tertiary/aromatic N) is 4. The first-order valence-corrected chi connectivity index (χ1v) is 11.6. The second-order valence-electron chi connectivity index (χ2n) is 9.22. The fraction of sp³-hybridized carbons (Fsp3) is 0.360. The van der Waals surface area contributed by atoms with Crippen molar-refractivity contribution in [3.8, 4) is 0 Å². The van der Waals surface area contributed by atoms with Crippen molar-refractivity contribution in [3.63, 3.8) is 0 Å². The van der Waals surface area contributed by atoms with Gasteiger partial charge in [0, 0.05) is 37.8 Å². The second kappa shape index (κ2) is 9.36. The Bertz CT molecular complexity index is 1320. The van der Waals surface area contributed by atoms with Crippen LogP contribution in [0.25, 0.3) is 17.1 Å². The maximum atomic E-state index is 13.3. The Morgan fingerprint density at radius 3 is 2.33 bits per heavy atom. The molecule has 5 rings (SSSR count). The number of halogens is 4. The number of hydrogen-bond donors (Lipinski definition) is 1. The number of carbonyl (C=O) groups excluding carboxylic acids is 2. The zero-order chi connectivity index (χ0) is 25.4. The zero-order valence-corrected chi connectivity index (χ0v) is 19.1.